The first kappa shape index (κ1) is 48.2. The lowest BCUT2D eigenvalue weighted by Crippen LogP contribution is -2.63. The summed E-state index contributed by atoms with van der Waals surface area (Å²) in [7, 11) is -1.85. The highest BCUT2D eigenvalue weighted by Gasteiger charge is 2.56. The van der Waals surface area contributed by atoms with Crippen molar-refractivity contribution in [1.82, 2.24) is 0 Å². The Labute approximate surface area is 375 Å². The lowest BCUT2D eigenvalue weighted by molar-refractivity contribution is -0.364. The van der Waals surface area contributed by atoms with Gasteiger partial charge in [-0.25, -0.2) is 4.57 Å². The number of esters is 1. The van der Waals surface area contributed by atoms with Crippen LogP contribution in [0.25, 0.3) is 0 Å². The van der Waals surface area contributed by atoms with Gasteiger partial charge in [0.25, 0.3) is 0 Å². The molecule has 3 N–H and O–H groups in total. The van der Waals surface area contributed by atoms with Crippen molar-refractivity contribution in [1.29, 1.82) is 0 Å². The first-order valence-corrected chi connectivity index (χ1v) is 24.3. The zero-order chi connectivity index (χ0) is 45.2. The summed E-state index contributed by atoms with van der Waals surface area (Å²) in [6.45, 7) is 4.02. The molecule has 16 nitrogen and oxygen atoms in total. The SMILES string of the molecule is CCCCC/C=C\C/C=C\CCCCCCCCOP(=O)(O)Oc1c(OC)cc([C@@H]2c3cc4c(cc3[C@@H](O[C@@H]3O[C@@H]5CO[C@@H](C)OC5[C@H](O)[C@H]3O)[C@H]3COC(=O)[C@H]23)OCO4)cc1OC. The Bertz CT molecular complexity index is 1940. The quantitative estimate of drug-likeness (QED) is 0.0420. The molecule has 0 bridgehead atoms. The molecule has 1 aliphatic carbocycles. The van der Waals surface area contributed by atoms with E-state index in [1.54, 1.807) is 31.2 Å². The minimum Gasteiger partial charge on any atom is -0.493 e. The number of unbranched alkanes of at least 4 members (excludes halogenated alkanes) is 9. The molecule has 4 heterocycles. The monoisotopic (exact) mass is 916 g/mol. The molecule has 5 aliphatic rings. The molecule has 0 radical (unpaired) electrons. The fraction of sp³-hybridized carbons (Fsp3) is 0.638. The summed E-state index contributed by atoms with van der Waals surface area (Å²) in [6.07, 6.45) is 14.6. The minimum absolute atomic E-state index is 0.0185. The fourth-order valence-corrected chi connectivity index (χ4v) is 10.0. The maximum atomic E-state index is 13.8. The van der Waals surface area contributed by atoms with E-state index in [9.17, 15) is 24.5 Å². The van der Waals surface area contributed by atoms with Crippen LogP contribution in [-0.2, 0) is 37.6 Å². The van der Waals surface area contributed by atoms with Crippen LogP contribution in [0.15, 0.2) is 48.6 Å². The maximum Gasteiger partial charge on any atom is 0.527 e. The largest absolute Gasteiger partial charge is 0.527 e. The van der Waals surface area contributed by atoms with Gasteiger partial charge in [0.2, 0.25) is 12.5 Å². The van der Waals surface area contributed by atoms with Crippen LogP contribution < -0.4 is 23.5 Å². The number of fused-ring (bicyclic) bond motifs is 4. The molecule has 0 spiro atoms. The minimum atomic E-state index is -4.63. The van der Waals surface area contributed by atoms with Gasteiger partial charge in [-0.2, -0.15) is 0 Å². The van der Waals surface area contributed by atoms with Gasteiger partial charge in [-0.1, -0.05) is 69.8 Å². The van der Waals surface area contributed by atoms with Crippen LogP contribution in [0, 0.1) is 11.8 Å². The number of ether oxygens (including phenoxy) is 9. The average molecular weight is 917 g/mol. The number of benzene rings is 2. The number of carbonyl (C=O) groups is 1. The summed E-state index contributed by atoms with van der Waals surface area (Å²) < 4.78 is 77.0. The van der Waals surface area contributed by atoms with E-state index in [2.05, 4.69) is 31.2 Å². The van der Waals surface area contributed by atoms with Crippen molar-refractivity contribution >= 4 is 13.8 Å². The summed E-state index contributed by atoms with van der Waals surface area (Å²) in [5, 5.41) is 22.3. The van der Waals surface area contributed by atoms with Crippen LogP contribution in [0.2, 0.25) is 0 Å². The number of hydrogen-bond acceptors (Lipinski definition) is 15. The molecule has 11 atom stereocenters. The second-order valence-electron chi connectivity index (χ2n) is 16.9. The molecule has 2 aromatic rings. The lowest BCUT2D eigenvalue weighted by atomic mass is 9.66. The van der Waals surface area contributed by atoms with Gasteiger partial charge in [-0.05, 0) is 86.4 Å². The normalized spacial score (nSPS) is 29.3. The molecule has 64 heavy (non-hydrogen) atoms. The fourth-order valence-electron chi connectivity index (χ4n) is 9.22. The van der Waals surface area contributed by atoms with E-state index in [1.165, 1.54) is 33.5 Å². The van der Waals surface area contributed by atoms with Gasteiger partial charge in [0.15, 0.2) is 35.6 Å². The molecular formula is C47H65O16P. The summed E-state index contributed by atoms with van der Waals surface area (Å²) >= 11 is 0. The number of phosphoric ester groups is 1. The van der Waals surface area contributed by atoms with Gasteiger partial charge in [-0.3, -0.25) is 14.2 Å². The van der Waals surface area contributed by atoms with Crippen molar-refractivity contribution in [2.45, 2.75) is 140 Å². The molecule has 4 aliphatic heterocycles. The summed E-state index contributed by atoms with van der Waals surface area (Å²) in [5.74, 6) is -1.73. The Balaban J connectivity index is 1.00. The van der Waals surface area contributed by atoms with Crippen LogP contribution in [0.1, 0.15) is 120 Å². The molecule has 2 unspecified atom stereocenters. The number of methoxy groups -OCH3 is 2. The number of allylic oxidation sites excluding steroid dienone is 4. The van der Waals surface area contributed by atoms with Gasteiger partial charge in [0, 0.05) is 11.8 Å². The van der Waals surface area contributed by atoms with Gasteiger partial charge < -0.3 is 57.4 Å². The topological polar surface area (TPSA) is 196 Å². The highest BCUT2D eigenvalue weighted by molar-refractivity contribution is 7.47. The van der Waals surface area contributed by atoms with E-state index in [1.807, 2.05) is 0 Å². The third-order valence-corrected chi connectivity index (χ3v) is 13.5. The van der Waals surface area contributed by atoms with Crippen molar-refractivity contribution in [2.24, 2.45) is 11.8 Å². The third-order valence-electron chi connectivity index (χ3n) is 12.5. The summed E-state index contributed by atoms with van der Waals surface area (Å²) in [5.41, 5.74) is 1.78. The van der Waals surface area contributed by atoms with Crippen molar-refractivity contribution in [3.63, 3.8) is 0 Å². The van der Waals surface area contributed by atoms with Crippen molar-refractivity contribution in [2.75, 3.05) is 40.8 Å². The van der Waals surface area contributed by atoms with Crippen LogP contribution in [0.3, 0.4) is 0 Å². The smallest absolute Gasteiger partial charge is 0.493 e. The molecule has 3 fully saturated rings. The van der Waals surface area contributed by atoms with E-state index >= 15 is 0 Å². The Morgan fingerprint density at radius 1 is 0.797 bits per heavy atom. The van der Waals surface area contributed by atoms with Crippen LogP contribution in [0.4, 0.5) is 0 Å². The average Bonchev–Trinajstić information content (AvgIpc) is 3.91. The summed E-state index contributed by atoms with van der Waals surface area (Å²) in [6, 6.07) is 6.80. The highest BCUT2D eigenvalue weighted by atomic mass is 31.2. The van der Waals surface area contributed by atoms with Crippen molar-refractivity contribution in [3.8, 4) is 28.7 Å². The molecule has 3 saturated heterocycles. The molecule has 354 valence electrons. The van der Waals surface area contributed by atoms with Gasteiger partial charge >= 0.3 is 13.8 Å². The Hall–Kier alpha value is -3.70. The number of rotatable bonds is 23. The number of cyclic esters (lactones) is 1. The Kier molecular flexibility index (Phi) is 17.1. The number of hydrogen-bond donors (Lipinski definition) is 3. The number of carbonyl (C=O) groups excluding carboxylic acids is 1. The third kappa shape index (κ3) is 11.4. The first-order chi connectivity index (χ1) is 31.0. The van der Waals surface area contributed by atoms with Crippen LogP contribution >= 0.6 is 7.82 Å². The maximum absolute atomic E-state index is 13.8. The van der Waals surface area contributed by atoms with Crippen LogP contribution in [0.5, 0.6) is 28.7 Å². The molecule has 0 amide bonds. The number of phosphoric acid groups is 1. The predicted molar refractivity (Wildman–Crippen MR) is 232 cm³/mol. The van der Waals surface area contributed by atoms with Gasteiger partial charge in [0.1, 0.15) is 24.4 Å². The second-order valence-corrected chi connectivity index (χ2v) is 18.3. The summed E-state index contributed by atoms with van der Waals surface area (Å²) in [4.78, 5) is 24.6. The first-order valence-electron chi connectivity index (χ1n) is 22.8. The van der Waals surface area contributed by atoms with Crippen molar-refractivity contribution in [3.05, 3.63) is 65.3 Å². The zero-order valence-electron chi connectivity index (χ0n) is 37.3. The van der Waals surface area contributed by atoms with Crippen molar-refractivity contribution < 1.29 is 76.1 Å². The zero-order valence-corrected chi connectivity index (χ0v) is 38.2. The number of aliphatic hydroxyl groups is 2. The second kappa shape index (κ2) is 22.7. The predicted octanol–water partition coefficient (Wildman–Crippen LogP) is 7.94. The Morgan fingerprint density at radius 2 is 1.45 bits per heavy atom. The van der Waals surface area contributed by atoms with E-state index in [-0.39, 0.29) is 43.9 Å². The standard InChI is InChI=1S/C47H65O16P/c1-5-6-7-8-9-10-11-12-13-14-15-16-17-18-19-20-21-59-64(51,52)63-44-36(53-3)22-30(23-37(44)54-4)39-31-24-34-35(58-28-57-34)25-32(31)43(33-26-56-46(50)40(33)39)62-47-42(49)41(48)45-38(61-47)27-55-29(2)60-45/h9-10,12-13,22-25,29,33,38-43,45,47-49H,5-8,11,14-21,26-28H2,1-4H3,(H,51,52)/b10-9-,13-12-/t29-,33+,38-,39-,40+,41-,42-,43-,45?,47+/m1/s1. The van der Waals surface area contributed by atoms with E-state index in [0.717, 1.165) is 51.4 Å². The molecule has 7 rings (SSSR count). The molecule has 2 aromatic carbocycles. The number of aliphatic hydroxyl groups excluding tert-OH is 2. The highest BCUT2D eigenvalue weighted by Crippen LogP contribution is 2.58. The lowest BCUT2D eigenvalue weighted by Gasteiger charge is -2.47. The van der Waals surface area contributed by atoms with E-state index in [0.29, 0.717) is 34.6 Å². The van der Waals surface area contributed by atoms with E-state index in [4.69, 9.17) is 51.7 Å². The Morgan fingerprint density at radius 3 is 2.14 bits per heavy atom. The molecule has 17 heteroatoms. The molecule has 0 aromatic heterocycles. The van der Waals surface area contributed by atoms with Gasteiger partial charge in [0.05, 0.1) is 46.1 Å². The van der Waals surface area contributed by atoms with Crippen LogP contribution in [-0.4, -0.2) is 98.9 Å². The molecule has 0 saturated carbocycles. The van der Waals surface area contributed by atoms with E-state index < -0.39 is 74.6 Å². The molecular weight excluding hydrogens is 851 g/mol. The van der Waals surface area contributed by atoms with Gasteiger partial charge in [-0.15, -0.1) is 0 Å².